The summed E-state index contributed by atoms with van der Waals surface area (Å²) in [6.07, 6.45) is 1.05. The smallest absolute Gasteiger partial charge is 0.0742 e. The van der Waals surface area contributed by atoms with Crippen molar-refractivity contribution >= 4 is 21.8 Å². The highest BCUT2D eigenvalue weighted by atomic mass is 15.1. The zero-order valence-corrected chi connectivity index (χ0v) is 18.4. The molecule has 0 saturated heterocycles. The molecule has 2 heteroatoms. The SMILES string of the molecule is c1ccc(Cn2c3c(c4ccccc42)CCn2c-3c(-c3ccccc3)c3ccccc32)cc1. The van der Waals surface area contributed by atoms with Crippen molar-refractivity contribution in [2.75, 3.05) is 0 Å². The third kappa shape index (κ3) is 2.74. The summed E-state index contributed by atoms with van der Waals surface area (Å²) in [4.78, 5) is 0. The van der Waals surface area contributed by atoms with Crippen LogP contribution in [0.15, 0.2) is 109 Å². The van der Waals surface area contributed by atoms with Crippen molar-refractivity contribution in [3.05, 3.63) is 120 Å². The fourth-order valence-corrected chi connectivity index (χ4v) is 5.73. The van der Waals surface area contributed by atoms with Crippen LogP contribution in [0.1, 0.15) is 11.1 Å². The van der Waals surface area contributed by atoms with Crippen molar-refractivity contribution in [3.8, 4) is 22.5 Å². The van der Waals surface area contributed by atoms with Gasteiger partial charge in [-0.25, -0.2) is 0 Å². The molecule has 0 saturated carbocycles. The molecule has 158 valence electrons. The van der Waals surface area contributed by atoms with Gasteiger partial charge in [-0.05, 0) is 35.2 Å². The molecule has 0 spiro atoms. The molecule has 1 aliphatic heterocycles. The minimum Gasteiger partial charge on any atom is -0.338 e. The first-order valence-electron chi connectivity index (χ1n) is 11.7. The van der Waals surface area contributed by atoms with E-state index in [9.17, 15) is 0 Å². The summed E-state index contributed by atoms with van der Waals surface area (Å²) >= 11 is 0. The number of benzene rings is 4. The molecule has 0 fully saturated rings. The summed E-state index contributed by atoms with van der Waals surface area (Å²) in [5.74, 6) is 0. The van der Waals surface area contributed by atoms with E-state index in [4.69, 9.17) is 0 Å². The lowest BCUT2D eigenvalue weighted by molar-refractivity contribution is 0.696. The Balaban J connectivity index is 1.61. The van der Waals surface area contributed by atoms with Crippen LogP contribution in [0.3, 0.4) is 0 Å². The van der Waals surface area contributed by atoms with E-state index in [0.29, 0.717) is 0 Å². The van der Waals surface area contributed by atoms with Gasteiger partial charge >= 0.3 is 0 Å². The number of hydrogen-bond acceptors (Lipinski definition) is 0. The number of aryl methyl sites for hydroxylation is 2. The first kappa shape index (κ1) is 18.5. The molecule has 0 unspecified atom stereocenters. The number of para-hydroxylation sites is 2. The van der Waals surface area contributed by atoms with Crippen LogP contribution >= 0.6 is 0 Å². The number of fused-ring (bicyclic) bond motifs is 7. The number of nitrogens with zero attached hydrogens (tertiary/aromatic N) is 2. The minimum atomic E-state index is 0.868. The van der Waals surface area contributed by atoms with Crippen molar-refractivity contribution in [1.82, 2.24) is 9.13 Å². The predicted molar refractivity (Wildman–Crippen MR) is 138 cm³/mol. The average Bonchev–Trinajstić information content (AvgIpc) is 3.38. The summed E-state index contributed by atoms with van der Waals surface area (Å²) in [6, 6.07) is 39.6. The van der Waals surface area contributed by atoms with Crippen molar-refractivity contribution in [2.24, 2.45) is 0 Å². The van der Waals surface area contributed by atoms with E-state index < -0.39 is 0 Å². The van der Waals surface area contributed by atoms with E-state index in [1.54, 1.807) is 0 Å². The Bertz CT molecular complexity index is 1620. The normalized spacial score (nSPS) is 12.7. The van der Waals surface area contributed by atoms with Crippen LogP contribution in [0, 0.1) is 0 Å². The van der Waals surface area contributed by atoms with E-state index >= 15 is 0 Å². The van der Waals surface area contributed by atoms with Gasteiger partial charge < -0.3 is 9.13 Å². The maximum Gasteiger partial charge on any atom is 0.0742 e. The lowest BCUT2D eigenvalue weighted by atomic mass is 9.96. The predicted octanol–water partition coefficient (Wildman–Crippen LogP) is 7.53. The Kier molecular flexibility index (Phi) is 4.07. The standard InChI is InChI=1S/C31H24N2/c1-3-11-22(12-4-1)21-33-27-17-9-7-15-24(27)25-19-20-32-28-18-10-8-16-26(28)29(31(32)30(25)33)23-13-5-2-6-14-23/h1-18H,19-21H2. The highest BCUT2D eigenvalue weighted by molar-refractivity contribution is 6.07. The van der Waals surface area contributed by atoms with Gasteiger partial charge in [0.25, 0.3) is 0 Å². The monoisotopic (exact) mass is 424 g/mol. The third-order valence-corrected chi connectivity index (χ3v) is 7.10. The number of aromatic nitrogens is 2. The maximum atomic E-state index is 2.56. The van der Waals surface area contributed by atoms with Crippen molar-refractivity contribution in [2.45, 2.75) is 19.5 Å². The topological polar surface area (TPSA) is 9.86 Å². The summed E-state index contributed by atoms with van der Waals surface area (Å²) in [6.45, 7) is 1.88. The second-order valence-corrected chi connectivity index (χ2v) is 8.92. The lowest BCUT2D eigenvalue weighted by Gasteiger charge is -2.22. The van der Waals surface area contributed by atoms with Crippen molar-refractivity contribution in [3.63, 3.8) is 0 Å². The quantitative estimate of drug-likeness (QED) is 0.278. The van der Waals surface area contributed by atoms with Gasteiger partial charge in [-0.2, -0.15) is 0 Å². The molecule has 0 aliphatic carbocycles. The van der Waals surface area contributed by atoms with Crippen LogP contribution in [-0.4, -0.2) is 9.13 Å². The summed E-state index contributed by atoms with van der Waals surface area (Å²) < 4.78 is 5.11. The molecule has 3 heterocycles. The summed E-state index contributed by atoms with van der Waals surface area (Å²) in [5, 5.41) is 2.72. The molecule has 0 atom stereocenters. The zero-order valence-electron chi connectivity index (χ0n) is 18.4. The first-order chi connectivity index (χ1) is 16.4. The molecule has 6 aromatic rings. The zero-order chi connectivity index (χ0) is 21.8. The number of rotatable bonds is 3. The lowest BCUT2D eigenvalue weighted by Crippen LogP contribution is -2.13. The molecule has 33 heavy (non-hydrogen) atoms. The van der Waals surface area contributed by atoms with Gasteiger partial charge in [0.2, 0.25) is 0 Å². The third-order valence-electron chi connectivity index (χ3n) is 7.10. The van der Waals surface area contributed by atoms with Gasteiger partial charge in [0.05, 0.1) is 11.4 Å². The number of hydrogen-bond donors (Lipinski definition) is 0. The average molecular weight is 425 g/mol. The molecule has 0 amide bonds. The molecule has 2 nitrogen and oxygen atoms in total. The van der Waals surface area contributed by atoms with Crippen LogP contribution < -0.4 is 0 Å². The molecule has 4 aromatic carbocycles. The molecule has 7 rings (SSSR count). The largest absolute Gasteiger partial charge is 0.338 e. The van der Waals surface area contributed by atoms with Gasteiger partial charge in [-0.1, -0.05) is 97.1 Å². The molecular formula is C31H24N2. The van der Waals surface area contributed by atoms with Crippen LogP contribution in [-0.2, 0) is 19.5 Å². The highest BCUT2D eigenvalue weighted by Crippen LogP contribution is 2.47. The Morgan fingerprint density at radius 1 is 0.576 bits per heavy atom. The van der Waals surface area contributed by atoms with Crippen LogP contribution in [0.5, 0.6) is 0 Å². The first-order valence-corrected chi connectivity index (χ1v) is 11.7. The van der Waals surface area contributed by atoms with E-state index in [2.05, 4.69) is 118 Å². The molecule has 0 bridgehead atoms. The summed E-state index contributed by atoms with van der Waals surface area (Å²) in [7, 11) is 0. The second-order valence-electron chi connectivity index (χ2n) is 8.92. The van der Waals surface area contributed by atoms with E-state index in [0.717, 1.165) is 19.5 Å². The maximum absolute atomic E-state index is 2.56. The van der Waals surface area contributed by atoms with Crippen LogP contribution in [0.4, 0.5) is 0 Å². The molecule has 0 radical (unpaired) electrons. The minimum absolute atomic E-state index is 0.868. The van der Waals surface area contributed by atoms with Crippen LogP contribution in [0.2, 0.25) is 0 Å². The van der Waals surface area contributed by atoms with Crippen molar-refractivity contribution in [1.29, 1.82) is 0 Å². The highest BCUT2D eigenvalue weighted by Gasteiger charge is 2.30. The Labute approximate surface area is 193 Å². The van der Waals surface area contributed by atoms with Gasteiger partial charge in [-0.15, -0.1) is 0 Å². The molecule has 2 aromatic heterocycles. The second kappa shape index (κ2) is 7.25. The van der Waals surface area contributed by atoms with E-state index in [1.807, 2.05) is 0 Å². The fourth-order valence-electron chi connectivity index (χ4n) is 5.73. The van der Waals surface area contributed by atoms with Gasteiger partial charge in [0, 0.05) is 40.5 Å². The molecular weight excluding hydrogens is 400 g/mol. The summed E-state index contributed by atoms with van der Waals surface area (Å²) in [5.41, 5.74) is 10.8. The molecule has 0 N–H and O–H groups in total. The van der Waals surface area contributed by atoms with Gasteiger partial charge in [0.1, 0.15) is 0 Å². The van der Waals surface area contributed by atoms with E-state index in [-0.39, 0.29) is 0 Å². The van der Waals surface area contributed by atoms with E-state index in [1.165, 1.54) is 55.4 Å². The van der Waals surface area contributed by atoms with Crippen LogP contribution in [0.25, 0.3) is 44.3 Å². The Morgan fingerprint density at radius 2 is 1.21 bits per heavy atom. The Morgan fingerprint density at radius 3 is 2.00 bits per heavy atom. The molecule has 1 aliphatic rings. The van der Waals surface area contributed by atoms with Crippen molar-refractivity contribution < 1.29 is 0 Å². The van der Waals surface area contributed by atoms with Gasteiger partial charge in [-0.3, -0.25) is 0 Å². The van der Waals surface area contributed by atoms with Gasteiger partial charge in [0.15, 0.2) is 0 Å². The Hall–Kier alpha value is -4.04. The fraction of sp³-hybridized carbons (Fsp3) is 0.0968.